The second kappa shape index (κ2) is 7.45. The van der Waals surface area contributed by atoms with Gasteiger partial charge in [-0.05, 0) is 47.8 Å². The Hall–Kier alpha value is -2.06. The van der Waals surface area contributed by atoms with Crippen LogP contribution in [0.1, 0.15) is 37.8 Å². The van der Waals surface area contributed by atoms with Crippen LogP contribution < -0.4 is 4.74 Å². The molecule has 0 bridgehead atoms. The van der Waals surface area contributed by atoms with Crippen molar-refractivity contribution in [1.82, 2.24) is 0 Å². The van der Waals surface area contributed by atoms with Crippen LogP contribution in [0.2, 0.25) is 0 Å². The van der Waals surface area contributed by atoms with Crippen LogP contribution in [-0.2, 0) is 13.0 Å². The van der Waals surface area contributed by atoms with Crippen molar-refractivity contribution >= 4 is 0 Å². The summed E-state index contributed by atoms with van der Waals surface area (Å²) >= 11 is 0. The largest absolute Gasteiger partial charge is 0.489 e. The number of aliphatic hydroxyl groups is 1. The molecule has 0 aliphatic heterocycles. The summed E-state index contributed by atoms with van der Waals surface area (Å²) in [7, 11) is 0. The van der Waals surface area contributed by atoms with Crippen molar-refractivity contribution in [2.75, 3.05) is 0 Å². The number of allylic oxidation sites excluding steroid dienone is 1. The molecular formula is C23H28O2. The molecule has 2 aromatic rings. The molecule has 1 fully saturated rings. The molecule has 2 heteroatoms. The molecular weight excluding hydrogens is 308 g/mol. The molecule has 25 heavy (non-hydrogen) atoms. The van der Waals surface area contributed by atoms with Crippen LogP contribution in [0, 0.1) is 11.3 Å². The summed E-state index contributed by atoms with van der Waals surface area (Å²) in [5.41, 5.74) is 3.43. The van der Waals surface area contributed by atoms with Gasteiger partial charge in [0.1, 0.15) is 12.4 Å². The molecule has 1 saturated carbocycles. The molecule has 2 nitrogen and oxygen atoms in total. The van der Waals surface area contributed by atoms with Gasteiger partial charge in [0.2, 0.25) is 0 Å². The fourth-order valence-corrected chi connectivity index (χ4v) is 3.80. The van der Waals surface area contributed by atoms with E-state index in [1.165, 1.54) is 11.1 Å². The van der Waals surface area contributed by atoms with Crippen molar-refractivity contribution in [2.24, 2.45) is 11.3 Å². The Morgan fingerprint density at radius 1 is 1.08 bits per heavy atom. The summed E-state index contributed by atoms with van der Waals surface area (Å²) in [4.78, 5) is 0. The van der Waals surface area contributed by atoms with Gasteiger partial charge in [-0.2, -0.15) is 0 Å². The molecule has 3 rings (SSSR count). The zero-order valence-electron chi connectivity index (χ0n) is 15.2. The Morgan fingerprint density at radius 2 is 1.76 bits per heavy atom. The van der Waals surface area contributed by atoms with Crippen molar-refractivity contribution in [3.05, 3.63) is 77.9 Å². The zero-order chi connectivity index (χ0) is 17.9. The summed E-state index contributed by atoms with van der Waals surface area (Å²) in [6.07, 6.45) is 2.30. The second-order valence-electron chi connectivity index (χ2n) is 7.67. The van der Waals surface area contributed by atoms with Crippen LogP contribution in [0.15, 0.2) is 66.7 Å². The van der Waals surface area contributed by atoms with E-state index >= 15 is 0 Å². The SMILES string of the molecule is C=C1CC[C@H](O)C(C)(C)[C@@H]1Cc1ccccc1OCc1ccccc1. The Labute approximate surface area is 151 Å². The summed E-state index contributed by atoms with van der Waals surface area (Å²) < 4.78 is 6.10. The van der Waals surface area contributed by atoms with Crippen LogP contribution in [0.3, 0.4) is 0 Å². The highest BCUT2D eigenvalue weighted by molar-refractivity contribution is 5.35. The maximum atomic E-state index is 10.5. The summed E-state index contributed by atoms with van der Waals surface area (Å²) in [6.45, 7) is 9.16. The molecule has 1 aliphatic carbocycles. The second-order valence-corrected chi connectivity index (χ2v) is 7.67. The molecule has 1 aliphatic rings. The van der Waals surface area contributed by atoms with Gasteiger partial charge in [-0.25, -0.2) is 0 Å². The molecule has 132 valence electrons. The predicted molar refractivity (Wildman–Crippen MR) is 103 cm³/mol. The van der Waals surface area contributed by atoms with Crippen molar-refractivity contribution in [2.45, 2.75) is 45.8 Å². The standard InChI is InChI=1S/C23H28O2/c1-17-13-14-22(24)23(2,3)20(17)15-19-11-7-8-12-21(19)25-16-18-9-5-4-6-10-18/h4-12,20,22,24H,1,13-16H2,2-3H3/t20-,22+/m1/s1. The third-order valence-electron chi connectivity index (χ3n) is 5.62. The van der Waals surface area contributed by atoms with E-state index in [1.54, 1.807) is 0 Å². The third kappa shape index (κ3) is 3.96. The maximum Gasteiger partial charge on any atom is 0.123 e. The number of aliphatic hydroxyl groups excluding tert-OH is 1. The minimum atomic E-state index is -0.277. The first-order valence-corrected chi connectivity index (χ1v) is 9.09. The molecule has 1 N–H and O–H groups in total. The third-order valence-corrected chi connectivity index (χ3v) is 5.62. The fourth-order valence-electron chi connectivity index (χ4n) is 3.80. The van der Waals surface area contributed by atoms with E-state index in [1.807, 2.05) is 30.3 Å². The normalized spacial score (nSPS) is 22.6. The minimum Gasteiger partial charge on any atom is -0.489 e. The molecule has 0 spiro atoms. The smallest absolute Gasteiger partial charge is 0.123 e. The maximum absolute atomic E-state index is 10.5. The van der Waals surface area contributed by atoms with Gasteiger partial charge in [-0.15, -0.1) is 0 Å². The van der Waals surface area contributed by atoms with E-state index in [0.717, 1.165) is 30.6 Å². The highest BCUT2D eigenvalue weighted by Crippen LogP contribution is 2.45. The van der Waals surface area contributed by atoms with E-state index in [2.05, 4.69) is 44.7 Å². The van der Waals surface area contributed by atoms with Crippen molar-refractivity contribution in [3.63, 3.8) is 0 Å². The van der Waals surface area contributed by atoms with Gasteiger partial charge >= 0.3 is 0 Å². The van der Waals surface area contributed by atoms with Crippen LogP contribution in [0.5, 0.6) is 5.75 Å². The number of para-hydroxylation sites is 1. The van der Waals surface area contributed by atoms with Crippen molar-refractivity contribution < 1.29 is 9.84 Å². The highest BCUT2D eigenvalue weighted by atomic mass is 16.5. The van der Waals surface area contributed by atoms with Gasteiger partial charge in [0, 0.05) is 0 Å². The van der Waals surface area contributed by atoms with Crippen LogP contribution >= 0.6 is 0 Å². The summed E-state index contributed by atoms with van der Waals surface area (Å²) in [6, 6.07) is 18.5. The Morgan fingerprint density at radius 3 is 2.52 bits per heavy atom. The molecule has 0 saturated heterocycles. The van der Waals surface area contributed by atoms with E-state index in [4.69, 9.17) is 4.74 Å². The Kier molecular flexibility index (Phi) is 5.29. The summed E-state index contributed by atoms with van der Waals surface area (Å²) in [5.74, 6) is 1.19. The molecule has 2 atom stereocenters. The average molecular weight is 336 g/mol. The zero-order valence-corrected chi connectivity index (χ0v) is 15.2. The molecule has 0 heterocycles. The van der Waals surface area contributed by atoms with Crippen LogP contribution in [-0.4, -0.2) is 11.2 Å². The molecule has 0 unspecified atom stereocenters. The first-order chi connectivity index (χ1) is 12.0. The number of hydrogen-bond donors (Lipinski definition) is 1. The predicted octanol–water partition coefficient (Wildman–Crippen LogP) is 5.16. The highest BCUT2D eigenvalue weighted by Gasteiger charge is 2.41. The van der Waals surface area contributed by atoms with E-state index in [0.29, 0.717) is 6.61 Å². The average Bonchev–Trinajstić information content (AvgIpc) is 2.62. The lowest BCUT2D eigenvalue weighted by Crippen LogP contribution is -2.42. The Bertz CT molecular complexity index is 718. The molecule has 0 aromatic heterocycles. The summed E-state index contributed by atoms with van der Waals surface area (Å²) in [5, 5.41) is 10.5. The minimum absolute atomic E-state index is 0.165. The van der Waals surface area contributed by atoms with Gasteiger partial charge in [0.25, 0.3) is 0 Å². The lowest BCUT2D eigenvalue weighted by Gasteiger charge is -2.44. The lowest BCUT2D eigenvalue weighted by molar-refractivity contribution is -0.00649. The molecule has 0 radical (unpaired) electrons. The monoisotopic (exact) mass is 336 g/mol. The Balaban J connectivity index is 1.77. The lowest BCUT2D eigenvalue weighted by atomic mass is 9.63. The molecule has 0 amide bonds. The van der Waals surface area contributed by atoms with Crippen molar-refractivity contribution in [3.8, 4) is 5.75 Å². The van der Waals surface area contributed by atoms with Crippen LogP contribution in [0.4, 0.5) is 0 Å². The first-order valence-electron chi connectivity index (χ1n) is 9.09. The topological polar surface area (TPSA) is 29.5 Å². The van der Waals surface area contributed by atoms with Gasteiger partial charge < -0.3 is 9.84 Å². The quantitative estimate of drug-likeness (QED) is 0.764. The van der Waals surface area contributed by atoms with Crippen molar-refractivity contribution in [1.29, 1.82) is 0 Å². The number of benzene rings is 2. The number of hydrogen-bond acceptors (Lipinski definition) is 2. The van der Waals surface area contributed by atoms with E-state index in [9.17, 15) is 5.11 Å². The van der Waals surface area contributed by atoms with Gasteiger partial charge in [-0.3, -0.25) is 0 Å². The van der Waals surface area contributed by atoms with Gasteiger partial charge in [0.15, 0.2) is 0 Å². The number of ether oxygens (including phenoxy) is 1. The van der Waals surface area contributed by atoms with E-state index in [-0.39, 0.29) is 17.4 Å². The van der Waals surface area contributed by atoms with Crippen LogP contribution in [0.25, 0.3) is 0 Å². The molecule has 2 aromatic carbocycles. The van der Waals surface area contributed by atoms with E-state index < -0.39 is 0 Å². The fraction of sp³-hybridized carbons (Fsp3) is 0.391. The first kappa shape index (κ1) is 17.8. The number of rotatable bonds is 5. The van der Waals surface area contributed by atoms with Gasteiger partial charge in [-0.1, -0.05) is 74.5 Å². The van der Waals surface area contributed by atoms with Gasteiger partial charge in [0.05, 0.1) is 6.10 Å².